The maximum Gasteiger partial charge on any atom is 0.231 e. The fraction of sp³-hybridized carbons (Fsp3) is 0.684. The van der Waals surface area contributed by atoms with Crippen LogP contribution in [0.3, 0.4) is 0 Å². The first kappa shape index (κ1) is 16.8. The van der Waals surface area contributed by atoms with Crippen LogP contribution in [0.1, 0.15) is 39.2 Å². The molecule has 3 aliphatic heterocycles. The molecule has 1 aromatic carbocycles. The van der Waals surface area contributed by atoms with Gasteiger partial charge in [-0.15, -0.1) is 0 Å². The van der Waals surface area contributed by atoms with Crippen LogP contribution in [0.4, 0.5) is 0 Å². The molecule has 4 aliphatic rings. The molecule has 0 aromatic heterocycles. The van der Waals surface area contributed by atoms with Gasteiger partial charge < -0.3 is 34.2 Å². The molecular formula is C19H25NO6. The predicted molar refractivity (Wildman–Crippen MR) is 90.9 cm³/mol. The highest BCUT2D eigenvalue weighted by atomic mass is 16.8. The molecule has 3 heterocycles. The molecular weight excluding hydrogens is 338 g/mol. The SMILES string of the molecule is CC1(C)O[C@@H]2[C@@H]3OC(C)(C)O[C@@H]3[C@H](c3ccc4c(c3)OCO4)[C@@H](N)[C@@H]2O1. The van der Waals surface area contributed by atoms with Crippen molar-refractivity contribution >= 4 is 0 Å². The first-order valence-electron chi connectivity index (χ1n) is 9.10. The number of nitrogens with two attached hydrogens (primary N) is 1. The standard InChI is InChI=1S/C19H25NO6/c1-18(2)23-14-12(9-5-6-10-11(7-9)22-8-21-10)13(20)15-17(16(14)25-18)26-19(3,4)24-15/h5-7,12-17H,8,20H2,1-4H3/t12-,13-,14-,15+,16-,17+/m1/s1. The van der Waals surface area contributed by atoms with Crippen LogP contribution in [0.15, 0.2) is 18.2 Å². The normalized spacial score (nSPS) is 41.7. The third kappa shape index (κ3) is 2.46. The Hall–Kier alpha value is -1.38. The second-order valence-electron chi connectivity index (χ2n) is 8.35. The summed E-state index contributed by atoms with van der Waals surface area (Å²) in [7, 11) is 0. The van der Waals surface area contributed by atoms with E-state index in [4.69, 9.17) is 34.2 Å². The van der Waals surface area contributed by atoms with Gasteiger partial charge in [0.15, 0.2) is 23.1 Å². The van der Waals surface area contributed by atoms with Crippen molar-refractivity contribution in [3.63, 3.8) is 0 Å². The van der Waals surface area contributed by atoms with E-state index < -0.39 is 11.6 Å². The molecule has 0 bridgehead atoms. The van der Waals surface area contributed by atoms with Gasteiger partial charge in [-0.05, 0) is 45.4 Å². The Labute approximate surface area is 152 Å². The summed E-state index contributed by atoms with van der Waals surface area (Å²) in [6.07, 6.45) is -0.984. The molecule has 1 aromatic rings. The minimum atomic E-state index is -0.700. The van der Waals surface area contributed by atoms with Gasteiger partial charge in [-0.2, -0.15) is 0 Å². The molecule has 1 saturated carbocycles. The number of hydrogen-bond acceptors (Lipinski definition) is 7. The van der Waals surface area contributed by atoms with Crippen molar-refractivity contribution in [2.45, 2.75) is 75.6 Å². The number of ether oxygens (including phenoxy) is 6. The first-order valence-corrected chi connectivity index (χ1v) is 9.10. The second-order valence-corrected chi connectivity index (χ2v) is 8.35. The van der Waals surface area contributed by atoms with Crippen molar-refractivity contribution in [3.05, 3.63) is 23.8 Å². The van der Waals surface area contributed by atoms with E-state index in [-0.39, 0.29) is 43.2 Å². The minimum absolute atomic E-state index is 0.102. The highest BCUT2D eigenvalue weighted by Gasteiger charge is 2.62. The topological polar surface area (TPSA) is 81.4 Å². The summed E-state index contributed by atoms with van der Waals surface area (Å²) in [6, 6.07) is 5.63. The summed E-state index contributed by atoms with van der Waals surface area (Å²) in [6.45, 7) is 7.89. The molecule has 142 valence electrons. The number of benzene rings is 1. The highest BCUT2D eigenvalue weighted by Crippen LogP contribution is 2.50. The van der Waals surface area contributed by atoms with Crippen molar-refractivity contribution < 1.29 is 28.4 Å². The largest absolute Gasteiger partial charge is 0.454 e. The van der Waals surface area contributed by atoms with Gasteiger partial charge in [-0.3, -0.25) is 0 Å². The summed E-state index contributed by atoms with van der Waals surface area (Å²) in [5.41, 5.74) is 7.73. The Morgan fingerprint density at radius 3 is 2.12 bits per heavy atom. The zero-order valence-electron chi connectivity index (χ0n) is 15.4. The van der Waals surface area contributed by atoms with Gasteiger partial charge in [0.2, 0.25) is 6.79 Å². The lowest BCUT2D eigenvalue weighted by atomic mass is 9.74. The lowest BCUT2D eigenvalue weighted by Crippen LogP contribution is -2.60. The molecule has 0 unspecified atom stereocenters. The number of fused-ring (bicyclic) bond motifs is 4. The molecule has 7 heteroatoms. The van der Waals surface area contributed by atoms with Crippen molar-refractivity contribution in [3.8, 4) is 11.5 Å². The van der Waals surface area contributed by atoms with Crippen molar-refractivity contribution in [1.29, 1.82) is 0 Å². The fourth-order valence-electron chi connectivity index (χ4n) is 4.67. The Balaban J connectivity index is 1.56. The van der Waals surface area contributed by atoms with E-state index in [2.05, 4.69) is 0 Å². The molecule has 2 saturated heterocycles. The summed E-state index contributed by atoms with van der Waals surface area (Å²) in [5, 5.41) is 0. The van der Waals surface area contributed by atoms with Crippen LogP contribution < -0.4 is 15.2 Å². The average molecular weight is 363 g/mol. The smallest absolute Gasteiger partial charge is 0.231 e. The van der Waals surface area contributed by atoms with Gasteiger partial charge in [-0.25, -0.2) is 0 Å². The van der Waals surface area contributed by atoms with Crippen molar-refractivity contribution in [2.24, 2.45) is 5.73 Å². The quantitative estimate of drug-likeness (QED) is 0.816. The van der Waals surface area contributed by atoms with Gasteiger partial charge in [0.05, 0.1) is 6.10 Å². The van der Waals surface area contributed by atoms with E-state index in [1.807, 2.05) is 45.9 Å². The van der Waals surface area contributed by atoms with Gasteiger partial charge in [0, 0.05) is 12.0 Å². The zero-order valence-corrected chi connectivity index (χ0v) is 15.4. The molecule has 2 N–H and O–H groups in total. The molecule has 0 spiro atoms. The lowest BCUT2D eigenvalue weighted by Gasteiger charge is -2.42. The first-order chi connectivity index (χ1) is 12.2. The van der Waals surface area contributed by atoms with E-state index in [0.29, 0.717) is 0 Å². The Morgan fingerprint density at radius 2 is 1.38 bits per heavy atom. The van der Waals surface area contributed by atoms with Gasteiger partial charge >= 0.3 is 0 Å². The summed E-state index contributed by atoms with van der Waals surface area (Å²) in [5.74, 6) is -0.0185. The van der Waals surface area contributed by atoms with Crippen LogP contribution in [-0.4, -0.2) is 48.8 Å². The summed E-state index contributed by atoms with van der Waals surface area (Å²) in [4.78, 5) is 0. The van der Waals surface area contributed by atoms with Crippen LogP contribution in [0.5, 0.6) is 11.5 Å². The molecule has 5 rings (SSSR count). The maximum atomic E-state index is 6.69. The van der Waals surface area contributed by atoms with Crippen LogP contribution in [0.25, 0.3) is 0 Å². The van der Waals surface area contributed by atoms with Crippen LogP contribution in [0, 0.1) is 0 Å². The highest BCUT2D eigenvalue weighted by molar-refractivity contribution is 5.46. The monoisotopic (exact) mass is 363 g/mol. The second kappa shape index (κ2) is 5.33. The van der Waals surface area contributed by atoms with E-state index >= 15 is 0 Å². The Kier molecular flexibility index (Phi) is 3.44. The molecule has 6 atom stereocenters. The third-order valence-electron chi connectivity index (χ3n) is 5.58. The van der Waals surface area contributed by atoms with Gasteiger partial charge in [-0.1, -0.05) is 6.07 Å². The van der Waals surface area contributed by atoms with Gasteiger partial charge in [0.1, 0.15) is 18.3 Å². The average Bonchev–Trinajstić information content (AvgIpc) is 3.21. The molecule has 1 aliphatic carbocycles. The Morgan fingerprint density at radius 1 is 0.808 bits per heavy atom. The van der Waals surface area contributed by atoms with Crippen molar-refractivity contribution in [1.82, 2.24) is 0 Å². The van der Waals surface area contributed by atoms with Crippen LogP contribution >= 0.6 is 0 Å². The van der Waals surface area contributed by atoms with E-state index in [0.717, 1.165) is 17.1 Å². The summed E-state index contributed by atoms with van der Waals surface area (Å²) >= 11 is 0. The minimum Gasteiger partial charge on any atom is -0.454 e. The molecule has 0 amide bonds. The molecule has 7 nitrogen and oxygen atoms in total. The van der Waals surface area contributed by atoms with Gasteiger partial charge in [0.25, 0.3) is 0 Å². The predicted octanol–water partition coefficient (Wildman–Crippen LogP) is 1.88. The molecule has 26 heavy (non-hydrogen) atoms. The summed E-state index contributed by atoms with van der Waals surface area (Å²) < 4.78 is 35.7. The van der Waals surface area contributed by atoms with Crippen LogP contribution in [-0.2, 0) is 18.9 Å². The molecule has 0 radical (unpaired) electrons. The third-order valence-corrected chi connectivity index (χ3v) is 5.58. The molecule has 3 fully saturated rings. The van der Waals surface area contributed by atoms with Crippen LogP contribution in [0.2, 0.25) is 0 Å². The van der Waals surface area contributed by atoms with Crippen molar-refractivity contribution in [2.75, 3.05) is 6.79 Å². The fourth-order valence-corrected chi connectivity index (χ4v) is 4.67. The maximum absolute atomic E-state index is 6.69. The number of hydrogen-bond donors (Lipinski definition) is 1. The van der Waals surface area contributed by atoms with E-state index in [9.17, 15) is 0 Å². The number of rotatable bonds is 1. The zero-order chi connectivity index (χ0) is 18.3. The Bertz CT molecular complexity index is 735. The lowest BCUT2D eigenvalue weighted by molar-refractivity contribution is -0.176. The van der Waals surface area contributed by atoms with E-state index in [1.54, 1.807) is 0 Å². The van der Waals surface area contributed by atoms with E-state index in [1.165, 1.54) is 0 Å².